The molecule has 1 atom stereocenters. The Hall–Kier alpha value is -0.990. The van der Waals surface area contributed by atoms with Crippen LogP contribution in [0.15, 0.2) is 22.7 Å². The number of nitrogens with zero attached hydrogens (tertiary/aromatic N) is 1. The first-order valence-corrected chi connectivity index (χ1v) is 8.20. The molecule has 0 amide bonds. The molecule has 1 aromatic rings. The van der Waals surface area contributed by atoms with E-state index in [0.717, 1.165) is 0 Å². The van der Waals surface area contributed by atoms with Crippen LogP contribution in [0.4, 0.5) is 5.69 Å². The number of nitro benzene ring substituents is 1. The summed E-state index contributed by atoms with van der Waals surface area (Å²) < 4.78 is 24.1. The smallest absolute Gasteiger partial charge is 0.283 e. The first-order valence-electron chi connectivity index (χ1n) is 5.59. The van der Waals surface area contributed by atoms with Gasteiger partial charge in [-0.05, 0) is 34.0 Å². The van der Waals surface area contributed by atoms with Crippen molar-refractivity contribution in [1.82, 2.24) is 0 Å². The lowest BCUT2D eigenvalue weighted by Gasteiger charge is -2.10. The Morgan fingerprint density at radius 1 is 1.47 bits per heavy atom. The summed E-state index contributed by atoms with van der Waals surface area (Å²) >= 11 is 3.09. The second kappa shape index (κ2) is 6.44. The average molecular weight is 351 g/mol. The fourth-order valence-electron chi connectivity index (χ4n) is 1.62. The molecule has 0 radical (unpaired) electrons. The summed E-state index contributed by atoms with van der Waals surface area (Å²) in [4.78, 5) is 10.2. The predicted molar refractivity (Wildman–Crippen MR) is 76.5 cm³/mol. The zero-order valence-corrected chi connectivity index (χ0v) is 12.8. The molecule has 19 heavy (non-hydrogen) atoms. The van der Waals surface area contributed by atoms with Crippen molar-refractivity contribution in [1.29, 1.82) is 0 Å². The van der Waals surface area contributed by atoms with E-state index in [4.69, 9.17) is 5.73 Å². The van der Waals surface area contributed by atoms with Gasteiger partial charge in [0.2, 0.25) is 0 Å². The van der Waals surface area contributed by atoms with Crippen molar-refractivity contribution in [2.24, 2.45) is 11.7 Å². The summed E-state index contributed by atoms with van der Waals surface area (Å²) in [6, 6.07) is 4.35. The highest BCUT2D eigenvalue weighted by Gasteiger charge is 2.21. The van der Waals surface area contributed by atoms with Crippen LogP contribution in [-0.4, -0.2) is 25.6 Å². The van der Waals surface area contributed by atoms with Gasteiger partial charge in [0.25, 0.3) is 5.69 Å². The predicted octanol–water partition coefficient (Wildman–Crippen LogP) is 1.87. The molecule has 8 heteroatoms. The van der Waals surface area contributed by atoms with Gasteiger partial charge in [-0.15, -0.1) is 0 Å². The molecule has 1 rings (SSSR count). The van der Waals surface area contributed by atoms with Crippen molar-refractivity contribution >= 4 is 31.5 Å². The molecule has 6 nitrogen and oxygen atoms in total. The van der Waals surface area contributed by atoms with Gasteiger partial charge in [-0.2, -0.15) is 0 Å². The summed E-state index contributed by atoms with van der Waals surface area (Å²) in [6.07, 6.45) is 0. The number of sulfone groups is 1. The van der Waals surface area contributed by atoms with Gasteiger partial charge in [-0.25, -0.2) is 8.42 Å². The SMILES string of the molecule is CC(CN)CS(=O)(=O)Cc1cccc([N+](=O)[O-])c1Br. The Bertz CT molecular complexity index is 574. The molecule has 1 unspecified atom stereocenters. The van der Waals surface area contributed by atoms with Crippen LogP contribution in [0.25, 0.3) is 0 Å². The second-order valence-corrected chi connectivity index (χ2v) is 7.30. The van der Waals surface area contributed by atoms with E-state index in [-0.39, 0.29) is 34.1 Å². The lowest BCUT2D eigenvalue weighted by Crippen LogP contribution is -2.22. The van der Waals surface area contributed by atoms with Crippen LogP contribution in [0.5, 0.6) is 0 Å². The van der Waals surface area contributed by atoms with E-state index in [0.29, 0.717) is 5.56 Å². The molecule has 0 heterocycles. The highest BCUT2D eigenvalue weighted by Crippen LogP contribution is 2.29. The minimum Gasteiger partial charge on any atom is -0.330 e. The third-order valence-corrected chi connectivity index (χ3v) is 5.31. The quantitative estimate of drug-likeness (QED) is 0.622. The molecule has 1 aromatic carbocycles. The molecule has 0 aliphatic carbocycles. The molecule has 0 bridgehead atoms. The largest absolute Gasteiger partial charge is 0.330 e. The van der Waals surface area contributed by atoms with Gasteiger partial charge in [0.1, 0.15) is 0 Å². The summed E-state index contributed by atoms with van der Waals surface area (Å²) in [6.45, 7) is 2.04. The van der Waals surface area contributed by atoms with Gasteiger partial charge >= 0.3 is 0 Å². The van der Waals surface area contributed by atoms with Gasteiger partial charge in [-0.1, -0.05) is 19.1 Å². The van der Waals surface area contributed by atoms with Crippen LogP contribution in [0.3, 0.4) is 0 Å². The van der Waals surface area contributed by atoms with E-state index in [1.54, 1.807) is 13.0 Å². The maximum atomic E-state index is 12.0. The lowest BCUT2D eigenvalue weighted by atomic mass is 10.2. The maximum absolute atomic E-state index is 12.0. The highest BCUT2D eigenvalue weighted by atomic mass is 79.9. The summed E-state index contributed by atoms with van der Waals surface area (Å²) in [5, 5.41) is 10.8. The average Bonchev–Trinajstić information content (AvgIpc) is 2.30. The van der Waals surface area contributed by atoms with E-state index in [1.807, 2.05) is 0 Å². The number of benzene rings is 1. The standard InChI is InChI=1S/C11H15BrN2O4S/c1-8(5-13)6-19(17,18)7-9-3-2-4-10(11(9)12)14(15)16/h2-4,8H,5-7,13H2,1H3. The Kier molecular flexibility index (Phi) is 5.45. The van der Waals surface area contributed by atoms with E-state index >= 15 is 0 Å². The van der Waals surface area contributed by atoms with Crippen molar-refractivity contribution in [3.8, 4) is 0 Å². The van der Waals surface area contributed by atoms with Crippen LogP contribution in [0.1, 0.15) is 12.5 Å². The second-order valence-electron chi connectivity index (χ2n) is 4.40. The number of halogens is 1. The van der Waals surface area contributed by atoms with Crippen LogP contribution in [0.2, 0.25) is 0 Å². The molecular formula is C11H15BrN2O4S. The van der Waals surface area contributed by atoms with Crippen molar-refractivity contribution in [2.45, 2.75) is 12.7 Å². The molecule has 0 spiro atoms. The Morgan fingerprint density at radius 2 is 2.11 bits per heavy atom. The van der Waals surface area contributed by atoms with Gasteiger partial charge in [0.15, 0.2) is 9.84 Å². The summed E-state index contributed by atoms with van der Waals surface area (Å²) in [5.74, 6) is -0.402. The van der Waals surface area contributed by atoms with Gasteiger partial charge in [0, 0.05) is 6.07 Å². The van der Waals surface area contributed by atoms with Gasteiger partial charge in [0.05, 0.1) is 20.9 Å². The molecule has 0 saturated carbocycles. The zero-order chi connectivity index (χ0) is 14.6. The van der Waals surface area contributed by atoms with Crippen LogP contribution < -0.4 is 5.73 Å². The molecule has 0 aliphatic heterocycles. The van der Waals surface area contributed by atoms with Crippen LogP contribution >= 0.6 is 15.9 Å². The van der Waals surface area contributed by atoms with Gasteiger partial charge in [-0.3, -0.25) is 10.1 Å². The monoisotopic (exact) mass is 350 g/mol. The number of nitro groups is 1. The Balaban J connectivity index is 3.00. The fourth-order valence-corrected chi connectivity index (χ4v) is 4.19. The van der Waals surface area contributed by atoms with E-state index in [2.05, 4.69) is 15.9 Å². The molecule has 0 aromatic heterocycles. The highest BCUT2D eigenvalue weighted by molar-refractivity contribution is 9.10. The summed E-state index contributed by atoms with van der Waals surface area (Å²) in [7, 11) is -3.34. The first kappa shape index (κ1) is 16.1. The van der Waals surface area contributed by atoms with E-state index in [1.165, 1.54) is 12.1 Å². The first-order chi connectivity index (χ1) is 8.76. The maximum Gasteiger partial charge on any atom is 0.283 e. The van der Waals surface area contributed by atoms with Gasteiger partial charge < -0.3 is 5.73 Å². The molecule has 106 valence electrons. The number of hydrogen-bond donors (Lipinski definition) is 1. The number of nitrogens with two attached hydrogens (primary N) is 1. The Labute approximate surface area is 120 Å². The molecule has 0 saturated heterocycles. The summed E-state index contributed by atoms with van der Waals surface area (Å²) in [5.41, 5.74) is 5.65. The molecule has 0 fully saturated rings. The normalized spacial score (nSPS) is 13.2. The zero-order valence-electron chi connectivity index (χ0n) is 10.4. The van der Waals surface area contributed by atoms with Crippen LogP contribution in [0, 0.1) is 16.0 Å². The minimum absolute atomic E-state index is 0.0291. The Morgan fingerprint density at radius 3 is 2.63 bits per heavy atom. The minimum atomic E-state index is -3.34. The number of rotatable bonds is 6. The van der Waals surface area contributed by atoms with Crippen molar-refractivity contribution in [2.75, 3.05) is 12.3 Å². The fraction of sp³-hybridized carbons (Fsp3) is 0.455. The third-order valence-electron chi connectivity index (χ3n) is 2.57. The van der Waals surface area contributed by atoms with E-state index < -0.39 is 14.8 Å². The van der Waals surface area contributed by atoms with Crippen molar-refractivity contribution in [3.05, 3.63) is 38.3 Å². The van der Waals surface area contributed by atoms with Crippen molar-refractivity contribution in [3.63, 3.8) is 0 Å². The molecule has 2 N–H and O–H groups in total. The van der Waals surface area contributed by atoms with Crippen molar-refractivity contribution < 1.29 is 13.3 Å². The number of hydrogen-bond acceptors (Lipinski definition) is 5. The molecule has 0 aliphatic rings. The van der Waals surface area contributed by atoms with Crippen LogP contribution in [-0.2, 0) is 15.6 Å². The molecular weight excluding hydrogens is 336 g/mol. The lowest BCUT2D eigenvalue weighted by molar-refractivity contribution is -0.385. The third kappa shape index (κ3) is 4.55. The topological polar surface area (TPSA) is 103 Å². The van der Waals surface area contributed by atoms with E-state index in [9.17, 15) is 18.5 Å².